The topological polar surface area (TPSA) is 49.8 Å². The molecule has 0 bridgehead atoms. The highest BCUT2D eigenvalue weighted by Crippen LogP contribution is 2.43. The van der Waals surface area contributed by atoms with Crippen molar-refractivity contribution in [1.82, 2.24) is 4.90 Å². The predicted molar refractivity (Wildman–Crippen MR) is 62.8 cm³/mol. The van der Waals surface area contributed by atoms with Crippen LogP contribution in [0, 0.1) is 11.8 Å². The Labute approximate surface area is 102 Å². The molecule has 4 nitrogen and oxygen atoms in total. The van der Waals surface area contributed by atoms with Crippen molar-refractivity contribution in [3.05, 3.63) is 0 Å². The number of fused-ring (bicyclic) bond motifs is 1. The van der Waals surface area contributed by atoms with Crippen LogP contribution in [0.1, 0.15) is 32.1 Å². The van der Waals surface area contributed by atoms with Gasteiger partial charge in [-0.25, -0.2) is 0 Å². The molecule has 17 heavy (non-hydrogen) atoms. The number of ether oxygens (including phenoxy) is 1. The quantitative estimate of drug-likeness (QED) is 0.790. The Hall–Kier alpha value is -0.610. The van der Waals surface area contributed by atoms with E-state index in [-0.39, 0.29) is 6.04 Å². The van der Waals surface area contributed by atoms with Crippen molar-refractivity contribution in [2.24, 2.45) is 11.8 Å². The largest absolute Gasteiger partial charge is 0.480 e. The van der Waals surface area contributed by atoms with Gasteiger partial charge in [-0.2, -0.15) is 0 Å². The zero-order valence-corrected chi connectivity index (χ0v) is 10.2. The summed E-state index contributed by atoms with van der Waals surface area (Å²) < 4.78 is 5.37. The van der Waals surface area contributed by atoms with E-state index in [9.17, 15) is 9.90 Å². The van der Waals surface area contributed by atoms with Crippen LogP contribution in [0.3, 0.4) is 0 Å². The van der Waals surface area contributed by atoms with Gasteiger partial charge in [-0.3, -0.25) is 9.69 Å². The Morgan fingerprint density at radius 3 is 2.65 bits per heavy atom. The summed E-state index contributed by atoms with van der Waals surface area (Å²) >= 11 is 0. The summed E-state index contributed by atoms with van der Waals surface area (Å²) in [5, 5.41) is 9.49. The maximum absolute atomic E-state index is 11.5. The zero-order valence-electron chi connectivity index (χ0n) is 10.2. The average molecular weight is 239 g/mol. The van der Waals surface area contributed by atoms with Crippen molar-refractivity contribution in [3.8, 4) is 0 Å². The van der Waals surface area contributed by atoms with Crippen LogP contribution in [-0.2, 0) is 9.53 Å². The molecular formula is C13H21NO3. The first-order valence-electron chi connectivity index (χ1n) is 6.83. The second-order valence-electron chi connectivity index (χ2n) is 5.68. The summed E-state index contributed by atoms with van der Waals surface area (Å²) in [6.07, 6.45) is 5.57. The minimum absolute atomic E-state index is 0.217. The van der Waals surface area contributed by atoms with Crippen molar-refractivity contribution < 1.29 is 14.6 Å². The Bertz CT molecular complexity index is 301. The highest BCUT2D eigenvalue weighted by Gasteiger charge is 2.49. The van der Waals surface area contributed by atoms with Crippen LogP contribution in [0.5, 0.6) is 0 Å². The number of carboxylic acids is 1. The van der Waals surface area contributed by atoms with E-state index in [0.717, 1.165) is 39.0 Å². The monoisotopic (exact) mass is 239 g/mol. The van der Waals surface area contributed by atoms with E-state index < -0.39 is 5.97 Å². The molecule has 0 radical (unpaired) electrons. The van der Waals surface area contributed by atoms with Gasteiger partial charge in [-0.15, -0.1) is 0 Å². The summed E-state index contributed by atoms with van der Waals surface area (Å²) in [6, 6.07) is 0.223. The van der Waals surface area contributed by atoms with Gasteiger partial charge in [0.15, 0.2) is 0 Å². The van der Waals surface area contributed by atoms with Gasteiger partial charge in [0.05, 0.1) is 0 Å². The SMILES string of the molecule is O=C(O)C1C2CCCC2CN1C1CCOCC1. The summed E-state index contributed by atoms with van der Waals surface area (Å²) in [6.45, 7) is 2.60. The molecule has 2 saturated heterocycles. The highest BCUT2D eigenvalue weighted by atomic mass is 16.5. The number of carboxylic acid groups (broad SMARTS) is 1. The van der Waals surface area contributed by atoms with E-state index in [4.69, 9.17) is 4.74 Å². The summed E-state index contributed by atoms with van der Waals surface area (Å²) in [5.41, 5.74) is 0. The molecule has 3 rings (SSSR count). The Morgan fingerprint density at radius 2 is 1.94 bits per heavy atom. The van der Waals surface area contributed by atoms with Gasteiger partial charge in [0.2, 0.25) is 0 Å². The minimum atomic E-state index is -0.606. The van der Waals surface area contributed by atoms with Crippen LogP contribution in [0.4, 0.5) is 0 Å². The lowest BCUT2D eigenvalue weighted by molar-refractivity contribution is -0.145. The van der Waals surface area contributed by atoms with Gasteiger partial charge in [0.25, 0.3) is 0 Å². The second kappa shape index (κ2) is 4.58. The summed E-state index contributed by atoms with van der Waals surface area (Å²) in [4.78, 5) is 13.8. The van der Waals surface area contributed by atoms with Gasteiger partial charge in [0, 0.05) is 25.8 Å². The molecule has 3 unspecified atom stereocenters. The Kier molecular flexibility index (Phi) is 3.09. The Morgan fingerprint density at radius 1 is 1.18 bits per heavy atom. The molecule has 1 aliphatic carbocycles. The fourth-order valence-corrected chi connectivity index (χ4v) is 4.06. The molecule has 0 amide bonds. The molecule has 4 heteroatoms. The maximum atomic E-state index is 11.5. The third kappa shape index (κ3) is 1.97. The molecule has 3 atom stereocenters. The molecule has 96 valence electrons. The van der Waals surface area contributed by atoms with E-state index >= 15 is 0 Å². The van der Waals surface area contributed by atoms with Gasteiger partial charge in [-0.05, 0) is 37.5 Å². The first-order valence-corrected chi connectivity index (χ1v) is 6.83. The number of hydrogen-bond donors (Lipinski definition) is 1. The first-order chi connectivity index (χ1) is 8.27. The summed E-state index contributed by atoms with van der Waals surface area (Å²) in [5.74, 6) is 0.445. The van der Waals surface area contributed by atoms with Crippen LogP contribution >= 0.6 is 0 Å². The molecule has 0 aromatic heterocycles. The number of likely N-dealkylation sites (tertiary alicyclic amines) is 1. The van der Waals surface area contributed by atoms with Gasteiger partial charge in [0.1, 0.15) is 6.04 Å². The smallest absolute Gasteiger partial charge is 0.321 e. The number of hydrogen-bond acceptors (Lipinski definition) is 3. The summed E-state index contributed by atoms with van der Waals surface area (Å²) in [7, 11) is 0. The maximum Gasteiger partial charge on any atom is 0.321 e. The van der Waals surface area contributed by atoms with Crippen LogP contribution in [0.25, 0.3) is 0 Å². The van der Waals surface area contributed by atoms with E-state index in [0.29, 0.717) is 17.9 Å². The number of carbonyl (C=O) groups is 1. The van der Waals surface area contributed by atoms with Crippen molar-refractivity contribution in [2.45, 2.75) is 44.2 Å². The molecule has 2 heterocycles. The molecule has 0 spiro atoms. The first kappa shape index (κ1) is 11.5. The number of aliphatic carboxylic acids is 1. The van der Waals surface area contributed by atoms with E-state index in [2.05, 4.69) is 4.90 Å². The van der Waals surface area contributed by atoms with E-state index in [1.807, 2.05) is 0 Å². The molecule has 0 aromatic rings. The highest BCUT2D eigenvalue weighted by molar-refractivity contribution is 5.74. The fourth-order valence-electron chi connectivity index (χ4n) is 4.06. The Balaban J connectivity index is 1.76. The van der Waals surface area contributed by atoms with Gasteiger partial charge in [-0.1, -0.05) is 6.42 Å². The number of rotatable bonds is 2. The van der Waals surface area contributed by atoms with Crippen molar-refractivity contribution in [1.29, 1.82) is 0 Å². The standard InChI is InChI=1S/C13H21NO3/c15-13(16)12-11-3-1-2-9(11)8-14(12)10-4-6-17-7-5-10/h9-12H,1-8H2,(H,15,16). The lowest BCUT2D eigenvalue weighted by Gasteiger charge is -2.35. The van der Waals surface area contributed by atoms with E-state index in [1.54, 1.807) is 0 Å². The molecule has 3 fully saturated rings. The molecule has 1 N–H and O–H groups in total. The van der Waals surface area contributed by atoms with Crippen molar-refractivity contribution in [3.63, 3.8) is 0 Å². The third-order valence-corrected chi connectivity index (χ3v) is 4.84. The fraction of sp³-hybridized carbons (Fsp3) is 0.923. The van der Waals surface area contributed by atoms with Gasteiger partial charge >= 0.3 is 5.97 Å². The third-order valence-electron chi connectivity index (χ3n) is 4.84. The van der Waals surface area contributed by atoms with Gasteiger partial charge < -0.3 is 9.84 Å². The predicted octanol–water partition coefficient (Wildman–Crippen LogP) is 1.35. The molecule has 1 saturated carbocycles. The van der Waals surface area contributed by atoms with Crippen LogP contribution in [0.2, 0.25) is 0 Å². The lowest BCUT2D eigenvalue weighted by atomic mass is 9.94. The van der Waals surface area contributed by atoms with Crippen LogP contribution < -0.4 is 0 Å². The average Bonchev–Trinajstić information content (AvgIpc) is 2.88. The lowest BCUT2D eigenvalue weighted by Crippen LogP contribution is -2.47. The number of nitrogens with zero attached hydrogens (tertiary/aromatic N) is 1. The van der Waals surface area contributed by atoms with Crippen LogP contribution in [-0.4, -0.2) is 47.8 Å². The minimum Gasteiger partial charge on any atom is -0.480 e. The molecule has 0 aromatic carbocycles. The molecular weight excluding hydrogens is 218 g/mol. The van der Waals surface area contributed by atoms with Crippen LogP contribution in [0.15, 0.2) is 0 Å². The molecule has 3 aliphatic rings. The van der Waals surface area contributed by atoms with E-state index in [1.165, 1.54) is 12.8 Å². The van der Waals surface area contributed by atoms with Crippen molar-refractivity contribution in [2.75, 3.05) is 19.8 Å². The molecule has 2 aliphatic heterocycles. The zero-order chi connectivity index (χ0) is 11.8. The van der Waals surface area contributed by atoms with Crippen molar-refractivity contribution >= 4 is 5.97 Å². The second-order valence-corrected chi connectivity index (χ2v) is 5.68. The normalized spacial score (nSPS) is 39.4.